The molecule has 0 aliphatic heterocycles. The molecule has 1 aromatic rings. The summed E-state index contributed by atoms with van der Waals surface area (Å²) in [5.74, 6) is -3.04. The summed E-state index contributed by atoms with van der Waals surface area (Å²) < 4.78 is 25.5. The lowest BCUT2D eigenvalue weighted by Gasteiger charge is -2.17. The molecule has 5 heteroatoms. The maximum absolute atomic E-state index is 12.7. The quantitative estimate of drug-likeness (QED) is 0.821. The third kappa shape index (κ3) is 3.85. The van der Waals surface area contributed by atoms with Crippen LogP contribution in [0.5, 0.6) is 0 Å². The topological polar surface area (TPSA) is 32.3 Å². The van der Waals surface area contributed by atoms with Crippen molar-refractivity contribution in [2.45, 2.75) is 25.8 Å². The molecule has 1 rings (SSSR count). The molecule has 2 nitrogen and oxygen atoms in total. The van der Waals surface area contributed by atoms with Gasteiger partial charge >= 0.3 is 0 Å². The minimum atomic E-state index is -3.04. The highest BCUT2D eigenvalue weighted by Gasteiger charge is 2.28. The molecule has 1 aromatic heterocycles. The molecule has 0 aliphatic carbocycles. The van der Waals surface area contributed by atoms with Gasteiger partial charge in [0.1, 0.15) is 6.61 Å². The predicted molar refractivity (Wildman–Crippen MR) is 57.5 cm³/mol. The highest BCUT2D eigenvalue weighted by atomic mass is 32.1. The smallest absolute Gasteiger partial charge is 0.282 e. The van der Waals surface area contributed by atoms with Gasteiger partial charge in [0.05, 0.1) is 6.54 Å². The van der Waals surface area contributed by atoms with Crippen molar-refractivity contribution in [3.05, 3.63) is 21.9 Å². The van der Waals surface area contributed by atoms with E-state index < -0.39 is 19.1 Å². The molecule has 86 valence electrons. The Morgan fingerprint density at radius 1 is 1.53 bits per heavy atom. The average molecular weight is 235 g/mol. The van der Waals surface area contributed by atoms with Crippen molar-refractivity contribution in [3.63, 3.8) is 0 Å². The van der Waals surface area contributed by atoms with E-state index in [2.05, 4.69) is 5.32 Å². The second-order valence-electron chi connectivity index (χ2n) is 3.57. The molecule has 1 unspecified atom stereocenters. The van der Waals surface area contributed by atoms with E-state index in [9.17, 15) is 8.78 Å². The second-order valence-corrected chi connectivity index (χ2v) is 4.88. The summed E-state index contributed by atoms with van der Waals surface area (Å²) in [5.41, 5.74) is 0. The normalized spacial score (nSPS) is 14.2. The summed E-state index contributed by atoms with van der Waals surface area (Å²) in [6.07, 6.45) is 0. The largest absolute Gasteiger partial charge is 0.390 e. The number of aliphatic hydroxyl groups excluding tert-OH is 1. The van der Waals surface area contributed by atoms with Crippen LogP contribution in [-0.2, 0) is 0 Å². The van der Waals surface area contributed by atoms with Crippen molar-refractivity contribution in [1.82, 2.24) is 5.32 Å². The molecule has 0 bridgehead atoms. The molecular weight excluding hydrogens is 220 g/mol. The summed E-state index contributed by atoms with van der Waals surface area (Å²) in [5, 5.41) is 11.1. The number of nitrogens with one attached hydrogen (secondary N) is 1. The first-order valence-electron chi connectivity index (χ1n) is 4.73. The van der Waals surface area contributed by atoms with E-state index in [0.29, 0.717) is 0 Å². The van der Waals surface area contributed by atoms with Gasteiger partial charge in [-0.2, -0.15) is 0 Å². The Bertz CT molecular complexity index is 314. The minimum Gasteiger partial charge on any atom is -0.390 e. The third-order valence-corrected chi connectivity index (χ3v) is 3.27. The van der Waals surface area contributed by atoms with Crippen LogP contribution in [0.2, 0.25) is 0 Å². The Morgan fingerprint density at radius 2 is 2.20 bits per heavy atom. The molecule has 0 saturated carbocycles. The van der Waals surface area contributed by atoms with Gasteiger partial charge in [0, 0.05) is 15.8 Å². The van der Waals surface area contributed by atoms with Gasteiger partial charge < -0.3 is 10.4 Å². The van der Waals surface area contributed by atoms with Gasteiger partial charge in [0.2, 0.25) is 0 Å². The van der Waals surface area contributed by atoms with Crippen molar-refractivity contribution in [2.75, 3.05) is 13.2 Å². The van der Waals surface area contributed by atoms with E-state index in [0.717, 1.165) is 9.75 Å². The van der Waals surface area contributed by atoms with E-state index in [1.54, 1.807) is 11.3 Å². The zero-order valence-corrected chi connectivity index (χ0v) is 9.57. The van der Waals surface area contributed by atoms with Crippen LogP contribution in [0.25, 0.3) is 0 Å². The van der Waals surface area contributed by atoms with Crippen molar-refractivity contribution < 1.29 is 13.9 Å². The predicted octanol–water partition coefficient (Wildman–Crippen LogP) is 2.33. The maximum atomic E-state index is 12.7. The van der Waals surface area contributed by atoms with Crippen LogP contribution < -0.4 is 5.32 Å². The molecule has 2 N–H and O–H groups in total. The highest BCUT2D eigenvalue weighted by molar-refractivity contribution is 7.12. The summed E-state index contributed by atoms with van der Waals surface area (Å²) in [6, 6.07) is 3.78. The van der Waals surface area contributed by atoms with Crippen LogP contribution in [0.4, 0.5) is 8.78 Å². The number of aryl methyl sites for hydroxylation is 1. The standard InChI is InChI=1S/C10H15F2NOS/c1-7-3-4-9(15-7)8(2)13-5-10(11,12)6-14/h3-4,8,13-14H,5-6H2,1-2H3. The lowest BCUT2D eigenvalue weighted by molar-refractivity contribution is -0.0490. The summed E-state index contributed by atoms with van der Waals surface area (Å²) >= 11 is 1.58. The number of aliphatic hydroxyl groups is 1. The molecule has 0 aliphatic rings. The zero-order chi connectivity index (χ0) is 11.5. The second kappa shape index (κ2) is 5.01. The van der Waals surface area contributed by atoms with E-state index in [4.69, 9.17) is 5.11 Å². The first-order valence-corrected chi connectivity index (χ1v) is 5.54. The number of thiophene rings is 1. The fourth-order valence-corrected chi connectivity index (χ4v) is 2.05. The van der Waals surface area contributed by atoms with E-state index in [1.165, 1.54) is 0 Å². The van der Waals surface area contributed by atoms with Crippen LogP contribution in [0, 0.1) is 6.92 Å². The van der Waals surface area contributed by atoms with Crippen LogP contribution in [0.15, 0.2) is 12.1 Å². The Morgan fingerprint density at radius 3 is 2.67 bits per heavy atom. The first kappa shape index (κ1) is 12.5. The van der Waals surface area contributed by atoms with E-state index in [-0.39, 0.29) is 6.04 Å². The zero-order valence-electron chi connectivity index (χ0n) is 8.76. The number of hydrogen-bond donors (Lipinski definition) is 2. The fourth-order valence-electron chi connectivity index (χ4n) is 1.15. The molecular formula is C10H15F2NOS. The summed E-state index contributed by atoms with van der Waals surface area (Å²) in [6.45, 7) is 2.19. The molecule has 0 radical (unpaired) electrons. The van der Waals surface area contributed by atoms with Gasteiger partial charge in [0.25, 0.3) is 5.92 Å². The van der Waals surface area contributed by atoms with Crippen molar-refractivity contribution in [3.8, 4) is 0 Å². The molecule has 0 saturated heterocycles. The lowest BCUT2D eigenvalue weighted by Crippen LogP contribution is -2.36. The van der Waals surface area contributed by atoms with Gasteiger partial charge in [-0.1, -0.05) is 0 Å². The summed E-state index contributed by atoms with van der Waals surface area (Å²) in [4.78, 5) is 2.19. The van der Waals surface area contributed by atoms with Crippen molar-refractivity contribution >= 4 is 11.3 Å². The number of halogens is 2. The van der Waals surface area contributed by atoms with Gasteiger partial charge in [-0.3, -0.25) is 0 Å². The van der Waals surface area contributed by atoms with Gasteiger partial charge in [-0.15, -0.1) is 11.3 Å². The van der Waals surface area contributed by atoms with Crippen molar-refractivity contribution in [1.29, 1.82) is 0 Å². The van der Waals surface area contributed by atoms with Crippen LogP contribution >= 0.6 is 11.3 Å². The monoisotopic (exact) mass is 235 g/mol. The maximum Gasteiger partial charge on any atom is 0.282 e. The molecule has 15 heavy (non-hydrogen) atoms. The SMILES string of the molecule is Cc1ccc(C(C)NCC(F)(F)CO)s1. The minimum absolute atomic E-state index is 0.110. The van der Waals surface area contributed by atoms with Crippen molar-refractivity contribution in [2.24, 2.45) is 0 Å². The number of rotatable bonds is 5. The lowest BCUT2D eigenvalue weighted by atomic mass is 10.2. The molecule has 1 atom stereocenters. The Hall–Kier alpha value is -0.520. The van der Waals surface area contributed by atoms with E-state index in [1.807, 2.05) is 26.0 Å². The van der Waals surface area contributed by atoms with Crippen LogP contribution in [0.1, 0.15) is 22.7 Å². The molecule has 0 amide bonds. The van der Waals surface area contributed by atoms with Gasteiger partial charge in [-0.05, 0) is 26.0 Å². The number of alkyl halides is 2. The van der Waals surface area contributed by atoms with Gasteiger partial charge in [-0.25, -0.2) is 8.78 Å². The average Bonchev–Trinajstić information content (AvgIpc) is 2.61. The molecule has 0 spiro atoms. The molecule has 0 fully saturated rings. The van der Waals surface area contributed by atoms with Gasteiger partial charge in [0.15, 0.2) is 0 Å². The van der Waals surface area contributed by atoms with Crippen LogP contribution in [0.3, 0.4) is 0 Å². The Balaban J connectivity index is 2.46. The molecule has 0 aromatic carbocycles. The first-order chi connectivity index (χ1) is 6.94. The highest BCUT2D eigenvalue weighted by Crippen LogP contribution is 2.23. The van der Waals surface area contributed by atoms with Crippen LogP contribution in [-0.4, -0.2) is 24.2 Å². The van der Waals surface area contributed by atoms with E-state index >= 15 is 0 Å². The fraction of sp³-hybridized carbons (Fsp3) is 0.600. The summed E-state index contributed by atoms with van der Waals surface area (Å²) in [7, 11) is 0. The third-order valence-electron chi connectivity index (χ3n) is 2.09. The Labute approximate surface area is 91.9 Å². The number of hydrogen-bond acceptors (Lipinski definition) is 3. The Kier molecular flexibility index (Phi) is 4.19. The molecule has 1 heterocycles.